The van der Waals surface area contributed by atoms with Crippen LogP contribution in [0.1, 0.15) is 33.6 Å². The van der Waals surface area contributed by atoms with E-state index < -0.39 is 25.4 Å². The van der Waals surface area contributed by atoms with Crippen LogP contribution in [0.15, 0.2) is 54.3 Å². The summed E-state index contributed by atoms with van der Waals surface area (Å²) < 4.78 is 11.7. The van der Waals surface area contributed by atoms with E-state index in [1.165, 1.54) is 10.4 Å². The molecular formula is C25H35NO4Si. The van der Waals surface area contributed by atoms with Crippen LogP contribution in [-0.4, -0.2) is 44.3 Å². The second-order valence-corrected chi connectivity index (χ2v) is 14.6. The zero-order chi connectivity index (χ0) is 22.9. The molecule has 3 rings (SSSR count). The van der Waals surface area contributed by atoms with Gasteiger partial charge in [-0.1, -0.05) is 53.8 Å². The summed E-state index contributed by atoms with van der Waals surface area (Å²) in [6, 6.07) is 10.5. The quantitative estimate of drug-likeness (QED) is 0.674. The highest BCUT2D eigenvalue weighted by atomic mass is 28.3. The Morgan fingerprint density at radius 3 is 2.61 bits per heavy atom. The number of ether oxygens (including phenoxy) is 2. The van der Waals surface area contributed by atoms with Crippen LogP contribution in [0.25, 0.3) is 0 Å². The Hall–Kier alpha value is -2.18. The highest BCUT2D eigenvalue weighted by molar-refractivity contribution is 6.95. The third kappa shape index (κ3) is 5.18. The minimum Gasteiger partial charge on any atom is -0.444 e. The van der Waals surface area contributed by atoms with Gasteiger partial charge >= 0.3 is 6.09 Å². The number of benzene rings is 1. The molecular weight excluding hydrogens is 406 g/mol. The number of hydrogen-bond acceptors (Lipinski definition) is 4. The van der Waals surface area contributed by atoms with Crippen LogP contribution in [0.3, 0.4) is 0 Å². The van der Waals surface area contributed by atoms with E-state index in [9.17, 15) is 9.59 Å². The largest absolute Gasteiger partial charge is 0.444 e. The van der Waals surface area contributed by atoms with Crippen LogP contribution in [0.5, 0.6) is 0 Å². The minimum atomic E-state index is -1.95. The third-order valence-corrected chi connectivity index (χ3v) is 10.3. The first-order valence-electron chi connectivity index (χ1n) is 11.0. The molecule has 1 aromatic carbocycles. The third-order valence-electron chi connectivity index (χ3n) is 6.55. The van der Waals surface area contributed by atoms with Gasteiger partial charge in [-0.15, -0.1) is 6.58 Å². The van der Waals surface area contributed by atoms with Crippen molar-refractivity contribution in [2.75, 3.05) is 13.2 Å². The van der Waals surface area contributed by atoms with Gasteiger partial charge in [0.2, 0.25) is 0 Å². The minimum absolute atomic E-state index is 0.0356. The maximum atomic E-state index is 12.3. The summed E-state index contributed by atoms with van der Waals surface area (Å²) in [6.07, 6.45) is 4.15. The smallest absolute Gasteiger partial charge is 0.407 e. The fourth-order valence-corrected chi connectivity index (χ4v) is 7.28. The molecule has 1 saturated heterocycles. The number of nitrogens with one attached hydrogen (secondary N) is 1. The van der Waals surface area contributed by atoms with Crippen LogP contribution in [-0.2, 0) is 14.3 Å². The molecule has 1 aliphatic heterocycles. The predicted molar refractivity (Wildman–Crippen MR) is 126 cm³/mol. The summed E-state index contributed by atoms with van der Waals surface area (Å²) in [5.74, 6) is 0.286. The molecule has 6 heteroatoms. The molecule has 168 valence electrons. The van der Waals surface area contributed by atoms with Crippen molar-refractivity contribution in [2.45, 2.75) is 57.9 Å². The number of fused-ring (bicyclic) bond motifs is 1. The molecule has 0 bridgehead atoms. The summed E-state index contributed by atoms with van der Waals surface area (Å²) >= 11 is 0. The monoisotopic (exact) mass is 441 g/mol. The van der Waals surface area contributed by atoms with E-state index in [1.807, 2.05) is 32.9 Å². The maximum absolute atomic E-state index is 12.3. The average Bonchev–Trinajstić information content (AvgIpc) is 3.05. The van der Waals surface area contributed by atoms with Gasteiger partial charge in [0.1, 0.15) is 13.7 Å². The first-order chi connectivity index (χ1) is 14.4. The van der Waals surface area contributed by atoms with Crippen molar-refractivity contribution in [3.63, 3.8) is 0 Å². The molecule has 2 aliphatic rings. The average molecular weight is 442 g/mol. The number of amides is 1. The Balaban J connectivity index is 1.75. The molecule has 1 heterocycles. The number of allylic oxidation sites excluding steroid dienone is 1. The first kappa shape index (κ1) is 23.5. The molecule has 1 aromatic rings. The van der Waals surface area contributed by atoms with Crippen molar-refractivity contribution >= 4 is 25.1 Å². The summed E-state index contributed by atoms with van der Waals surface area (Å²) in [7, 11) is -1.95. The Morgan fingerprint density at radius 1 is 1.29 bits per heavy atom. The van der Waals surface area contributed by atoms with Crippen LogP contribution >= 0.6 is 0 Å². The van der Waals surface area contributed by atoms with E-state index >= 15 is 0 Å². The number of carbonyl (C=O) groups is 2. The highest BCUT2D eigenvalue weighted by Crippen LogP contribution is 2.48. The van der Waals surface area contributed by atoms with Crippen molar-refractivity contribution in [1.82, 2.24) is 5.32 Å². The zero-order valence-corrected chi connectivity index (χ0v) is 20.4. The van der Waals surface area contributed by atoms with E-state index in [0.717, 1.165) is 0 Å². The van der Waals surface area contributed by atoms with Gasteiger partial charge in [0.05, 0.1) is 12.2 Å². The van der Waals surface area contributed by atoms with Gasteiger partial charge in [-0.2, -0.15) is 0 Å². The van der Waals surface area contributed by atoms with Crippen molar-refractivity contribution < 1.29 is 19.1 Å². The second kappa shape index (κ2) is 8.75. The molecule has 0 saturated carbocycles. The van der Waals surface area contributed by atoms with Crippen molar-refractivity contribution in [2.24, 2.45) is 11.8 Å². The van der Waals surface area contributed by atoms with Crippen molar-refractivity contribution in [1.29, 1.82) is 0 Å². The second-order valence-electron chi connectivity index (χ2n) is 10.2. The van der Waals surface area contributed by atoms with E-state index in [4.69, 9.17) is 9.47 Å². The van der Waals surface area contributed by atoms with E-state index in [-0.39, 0.29) is 17.6 Å². The van der Waals surface area contributed by atoms with E-state index in [1.54, 1.807) is 6.08 Å². The Kier molecular flexibility index (Phi) is 6.63. The van der Waals surface area contributed by atoms with Crippen LogP contribution in [0.4, 0.5) is 4.79 Å². The first-order valence-corrected chi connectivity index (χ1v) is 14.0. The Morgan fingerprint density at radius 2 is 1.97 bits per heavy atom. The van der Waals surface area contributed by atoms with Gasteiger partial charge in [0.25, 0.3) is 0 Å². The van der Waals surface area contributed by atoms with E-state index in [2.05, 4.69) is 49.3 Å². The Bertz CT molecular complexity index is 871. The normalized spacial score (nSPS) is 25.8. The van der Waals surface area contributed by atoms with Crippen LogP contribution in [0.2, 0.25) is 13.1 Å². The molecule has 0 unspecified atom stereocenters. The molecule has 1 fully saturated rings. The fraction of sp³-hybridized carbons (Fsp3) is 0.520. The lowest BCUT2D eigenvalue weighted by Crippen LogP contribution is -2.48. The molecule has 0 radical (unpaired) electrons. The number of carbonyl (C=O) groups excluding carboxylic acids is 2. The summed E-state index contributed by atoms with van der Waals surface area (Å²) in [5.41, 5.74) is -1.10. The van der Waals surface area contributed by atoms with Gasteiger partial charge < -0.3 is 14.8 Å². The van der Waals surface area contributed by atoms with Crippen molar-refractivity contribution in [3.8, 4) is 0 Å². The molecule has 1 amide bonds. The highest BCUT2D eigenvalue weighted by Gasteiger charge is 2.52. The molecule has 1 N–H and O–H groups in total. The molecule has 3 atom stereocenters. The molecule has 31 heavy (non-hydrogen) atoms. The lowest BCUT2D eigenvalue weighted by molar-refractivity contribution is -0.118. The number of alkyl carbamates (subject to hydrolysis) is 1. The predicted octanol–water partition coefficient (Wildman–Crippen LogP) is 4.14. The van der Waals surface area contributed by atoms with Gasteiger partial charge in [0, 0.05) is 24.8 Å². The van der Waals surface area contributed by atoms with Crippen LogP contribution in [0, 0.1) is 11.8 Å². The lowest BCUT2D eigenvalue weighted by Gasteiger charge is -2.38. The van der Waals surface area contributed by atoms with Gasteiger partial charge in [-0.05, 0) is 39.3 Å². The topological polar surface area (TPSA) is 64.6 Å². The number of ketones is 1. The zero-order valence-electron chi connectivity index (χ0n) is 19.4. The summed E-state index contributed by atoms with van der Waals surface area (Å²) in [5, 5.41) is 5.38. The standard InChI is InChI=1S/C25H35NO4Si/c1-18(31(5,6)20-10-8-7-9-11-20)21-17-29-25(13-12-19(27)16-22(21)25)14-15-26-23(28)30-24(2,3)4/h7-13,21-22H,1,14-17H2,2-6H3,(H,26,28)/t21-,22+,25-/m0/s1. The van der Waals surface area contributed by atoms with E-state index in [0.29, 0.717) is 26.0 Å². The summed E-state index contributed by atoms with van der Waals surface area (Å²) in [6.45, 7) is 15.7. The van der Waals surface area contributed by atoms with Gasteiger partial charge in [0.15, 0.2) is 5.78 Å². The maximum Gasteiger partial charge on any atom is 0.407 e. The van der Waals surface area contributed by atoms with Gasteiger partial charge in [-0.3, -0.25) is 4.79 Å². The van der Waals surface area contributed by atoms with Crippen molar-refractivity contribution in [3.05, 3.63) is 54.3 Å². The number of hydrogen-bond donors (Lipinski definition) is 1. The number of rotatable bonds is 6. The molecule has 0 aromatic heterocycles. The molecule has 5 nitrogen and oxygen atoms in total. The van der Waals surface area contributed by atoms with Crippen LogP contribution < -0.4 is 10.5 Å². The molecule has 0 spiro atoms. The molecule has 1 aliphatic carbocycles. The fourth-order valence-electron chi connectivity index (χ4n) is 4.68. The summed E-state index contributed by atoms with van der Waals surface area (Å²) in [4.78, 5) is 24.4. The SMILES string of the molecule is C=C([C@@H]1CO[C@]2(CCNC(=O)OC(C)(C)C)C=CC(=O)C[C@H]12)[Si](C)(C)c1ccccc1. The Labute approximate surface area is 186 Å². The van der Waals surface area contributed by atoms with Gasteiger partial charge in [-0.25, -0.2) is 4.79 Å². The lowest BCUT2D eigenvalue weighted by atomic mass is 9.73.